The molecule has 82 valence electrons. The third kappa shape index (κ3) is 2.52. The van der Waals surface area contributed by atoms with Crippen LogP contribution in [0.1, 0.15) is 30.9 Å². The highest BCUT2D eigenvalue weighted by Gasteiger charge is 2.17. The summed E-state index contributed by atoms with van der Waals surface area (Å²) in [5, 5.41) is 3.46. The van der Waals surface area contributed by atoms with Gasteiger partial charge >= 0.3 is 0 Å². The Morgan fingerprint density at radius 1 is 1.40 bits per heavy atom. The Labute approximate surface area is 94.5 Å². The molecule has 1 heterocycles. The normalized spacial score (nSPS) is 21.6. The summed E-state index contributed by atoms with van der Waals surface area (Å²) >= 11 is 1.69. The van der Waals surface area contributed by atoms with Gasteiger partial charge in [0.1, 0.15) is 5.82 Å². The minimum atomic E-state index is -0.129. The van der Waals surface area contributed by atoms with Crippen molar-refractivity contribution in [2.75, 3.05) is 12.8 Å². The van der Waals surface area contributed by atoms with E-state index in [1.165, 1.54) is 23.8 Å². The van der Waals surface area contributed by atoms with E-state index in [1.807, 2.05) is 12.3 Å². The molecule has 1 atom stereocenters. The predicted molar refractivity (Wildman–Crippen MR) is 62.8 cm³/mol. The van der Waals surface area contributed by atoms with Crippen molar-refractivity contribution in [2.45, 2.75) is 30.2 Å². The molecule has 1 unspecified atom stereocenters. The highest BCUT2D eigenvalue weighted by atomic mass is 32.2. The smallest absolute Gasteiger partial charge is 0.123 e. The molecule has 0 bridgehead atoms. The quantitative estimate of drug-likeness (QED) is 0.775. The molecule has 3 heteroatoms. The highest BCUT2D eigenvalue weighted by Crippen LogP contribution is 2.31. The van der Waals surface area contributed by atoms with Crippen molar-refractivity contribution in [3.8, 4) is 0 Å². The van der Waals surface area contributed by atoms with E-state index in [2.05, 4.69) is 5.32 Å². The third-order valence-electron chi connectivity index (χ3n) is 2.88. The predicted octanol–water partition coefficient (Wildman–Crippen LogP) is 3.36. The van der Waals surface area contributed by atoms with Gasteiger partial charge in [0.05, 0.1) is 0 Å². The van der Waals surface area contributed by atoms with E-state index in [0.29, 0.717) is 6.04 Å². The SMILES string of the molecule is CSc1ccc(F)cc1C1CCCCN1. The maximum Gasteiger partial charge on any atom is 0.123 e. The summed E-state index contributed by atoms with van der Waals surface area (Å²) in [7, 11) is 0. The molecule has 1 fully saturated rings. The molecule has 2 rings (SSSR count). The van der Waals surface area contributed by atoms with Crippen molar-refractivity contribution in [1.82, 2.24) is 5.32 Å². The van der Waals surface area contributed by atoms with Crippen molar-refractivity contribution >= 4 is 11.8 Å². The van der Waals surface area contributed by atoms with E-state index in [9.17, 15) is 4.39 Å². The van der Waals surface area contributed by atoms with Gasteiger partial charge in [0.25, 0.3) is 0 Å². The van der Waals surface area contributed by atoms with Crippen LogP contribution < -0.4 is 5.32 Å². The first kappa shape index (κ1) is 11.0. The maximum atomic E-state index is 13.2. The Balaban J connectivity index is 2.27. The number of halogens is 1. The van der Waals surface area contributed by atoms with Gasteiger partial charge in [-0.25, -0.2) is 4.39 Å². The molecule has 1 nitrogen and oxygen atoms in total. The minimum Gasteiger partial charge on any atom is -0.310 e. The fraction of sp³-hybridized carbons (Fsp3) is 0.500. The second-order valence-corrected chi connectivity index (χ2v) is 4.74. The summed E-state index contributed by atoms with van der Waals surface area (Å²) in [5.41, 5.74) is 1.13. The number of hydrogen-bond acceptors (Lipinski definition) is 2. The zero-order valence-electron chi connectivity index (χ0n) is 8.92. The van der Waals surface area contributed by atoms with Crippen LogP contribution in [0.5, 0.6) is 0 Å². The molecule has 0 amide bonds. The summed E-state index contributed by atoms with van der Waals surface area (Å²) in [5.74, 6) is -0.129. The van der Waals surface area contributed by atoms with Gasteiger partial charge in [0.2, 0.25) is 0 Å². The van der Waals surface area contributed by atoms with E-state index in [4.69, 9.17) is 0 Å². The average Bonchev–Trinajstić information content (AvgIpc) is 2.30. The zero-order chi connectivity index (χ0) is 10.7. The van der Waals surface area contributed by atoms with Gasteiger partial charge in [-0.05, 0) is 49.4 Å². The first-order valence-electron chi connectivity index (χ1n) is 5.38. The fourth-order valence-corrected chi connectivity index (χ4v) is 2.74. The summed E-state index contributed by atoms with van der Waals surface area (Å²) in [4.78, 5) is 1.19. The molecule has 1 aliphatic heterocycles. The molecule has 0 aliphatic carbocycles. The van der Waals surface area contributed by atoms with E-state index in [-0.39, 0.29) is 5.82 Å². The van der Waals surface area contributed by atoms with Crippen LogP contribution in [0, 0.1) is 5.82 Å². The summed E-state index contributed by atoms with van der Waals surface area (Å²) in [6, 6.07) is 5.44. The summed E-state index contributed by atoms with van der Waals surface area (Å²) < 4.78 is 13.2. The molecule has 1 aromatic rings. The molecular weight excluding hydrogens is 209 g/mol. The van der Waals surface area contributed by atoms with E-state index < -0.39 is 0 Å². The van der Waals surface area contributed by atoms with Crippen molar-refractivity contribution in [2.24, 2.45) is 0 Å². The van der Waals surface area contributed by atoms with Crippen molar-refractivity contribution in [3.63, 3.8) is 0 Å². The van der Waals surface area contributed by atoms with Gasteiger partial charge < -0.3 is 5.32 Å². The lowest BCUT2D eigenvalue weighted by Crippen LogP contribution is -2.27. The van der Waals surface area contributed by atoms with Crippen LogP contribution in [0.25, 0.3) is 0 Å². The lowest BCUT2D eigenvalue weighted by Gasteiger charge is -2.25. The molecular formula is C12H16FNS. The Kier molecular flexibility index (Phi) is 3.65. The van der Waals surface area contributed by atoms with Gasteiger partial charge in [-0.2, -0.15) is 0 Å². The molecule has 1 saturated heterocycles. The van der Waals surface area contributed by atoms with E-state index >= 15 is 0 Å². The number of thioether (sulfide) groups is 1. The molecule has 1 aromatic carbocycles. The van der Waals surface area contributed by atoms with Crippen molar-refractivity contribution in [3.05, 3.63) is 29.6 Å². The second-order valence-electron chi connectivity index (χ2n) is 3.89. The molecule has 0 saturated carbocycles. The van der Waals surface area contributed by atoms with Gasteiger partial charge in [-0.1, -0.05) is 6.42 Å². The molecule has 1 N–H and O–H groups in total. The largest absolute Gasteiger partial charge is 0.310 e. The standard InChI is InChI=1S/C12H16FNS/c1-15-12-6-5-9(13)8-10(12)11-4-2-3-7-14-11/h5-6,8,11,14H,2-4,7H2,1H3. The number of rotatable bonds is 2. The van der Waals surface area contributed by atoms with E-state index in [0.717, 1.165) is 18.5 Å². The summed E-state index contributed by atoms with van der Waals surface area (Å²) in [6.45, 7) is 1.05. The fourth-order valence-electron chi connectivity index (χ4n) is 2.09. The highest BCUT2D eigenvalue weighted by molar-refractivity contribution is 7.98. The molecule has 0 spiro atoms. The van der Waals surface area contributed by atoms with Gasteiger partial charge in [-0.3, -0.25) is 0 Å². The molecule has 0 radical (unpaired) electrons. The first-order chi connectivity index (χ1) is 7.31. The van der Waals surface area contributed by atoms with E-state index in [1.54, 1.807) is 17.8 Å². The van der Waals surface area contributed by atoms with Crippen molar-refractivity contribution < 1.29 is 4.39 Å². The van der Waals surface area contributed by atoms with Gasteiger partial charge in [0.15, 0.2) is 0 Å². The number of hydrogen-bond donors (Lipinski definition) is 1. The summed E-state index contributed by atoms with van der Waals surface area (Å²) in [6.07, 6.45) is 5.64. The van der Waals surface area contributed by atoms with Crippen LogP contribution in [0.4, 0.5) is 4.39 Å². The average molecular weight is 225 g/mol. The monoisotopic (exact) mass is 225 g/mol. The van der Waals surface area contributed by atoms with Crippen molar-refractivity contribution in [1.29, 1.82) is 0 Å². The topological polar surface area (TPSA) is 12.0 Å². The Bertz CT molecular complexity index is 334. The molecule has 0 aromatic heterocycles. The molecule has 15 heavy (non-hydrogen) atoms. The Hall–Kier alpha value is -0.540. The number of nitrogens with one attached hydrogen (secondary N) is 1. The number of piperidine rings is 1. The third-order valence-corrected chi connectivity index (χ3v) is 3.69. The van der Waals surface area contributed by atoms with Crippen LogP contribution in [0.3, 0.4) is 0 Å². The van der Waals surface area contributed by atoms with Gasteiger partial charge in [-0.15, -0.1) is 11.8 Å². The zero-order valence-corrected chi connectivity index (χ0v) is 9.74. The van der Waals surface area contributed by atoms with Crippen LogP contribution in [-0.2, 0) is 0 Å². The lowest BCUT2D eigenvalue weighted by atomic mass is 9.97. The Morgan fingerprint density at radius 2 is 2.27 bits per heavy atom. The Morgan fingerprint density at radius 3 is 2.93 bits per heavy atom. The lowest BCUT2D eigenvalue weighted by molar-refractivity contribution is 0.406. The minimum absolute atomic E-state index is 0.129. The van der Waals surface area contributed by atoms with Crippen LogP contribution in [-0.4, -0.2) is 12.8 Å². The molecule has 1 aliphatic rings. The maximum absolute atomic E-state index is 13.2. The van der Waals surface area contributed by atoms with Crippen LogP contribution in [0.2, 0.25) is 0 Å². The number of benzene rings is 1. The first-order valence-corrected chi connectivity index (χ1v) is 6.60. The van der Waals surface area contributed by atoms with Crippen LogP contribution in [0.15, 0.2) is 23.1 Å². The van der Waals surface area contributed by atoms with Crippen LogP contribution >= 0.6 is 11.8 Å². The van der Waals surface area contributed by atoms with Gasteiger partial charge in [0, 0.05) is 10.9 Å². The second kappa shape index (κ2) is 4.99.